The molecule has 1 aliphatic rings. The molecule has 0 radical (unpaired) electrons. The van der Waals surface area contributed by atoms with Crippen molar-refractivity contribution in [1.29, 1.82) is 0 Å². The summed E-state index contributed by atoms with van der Waals surface area (Å²) in [5.74, 6) is -0.983. The van der Waals surface area contributed by atoms with Crippen LogP contribution in [0.15, 0.2) is 18.2 Å². The Labute approximate surface area is 113 Å². The molecule has 0 aromatic heterocycles. The molecule has 106 valence electrons. The molecule has 1 aromatic rings. The van der Waals surface area contributed by atoms with Gasteiger partial charge in [0.25, 0.3) is 0 Å². The van der Waals surface area contributed by atoms with Crippen LogP contribution in [0.3, 0.4) is 0 Å². The number of ether oxygens (including phenoxy) is 1. The minimum Gasteiger partial charge on any atom is -0.487 e. The SMILES string of the molecule is CCCNC1CC(Oc2cc(F)ccc2F)C1(C)C. The molecule has 0 aliphatic heterocycles. The molecular weight excluding hydrogens is 248 g/mol. The summed E-state index contributed by atoms with van der Waals surface area (Å²) >= 11 is 0. The molecule has 2 nitrogen and oxygen atoms in total. The third-order valence-corrected chi connectivity index (χ3v) is 3.98. The predicted octanol–water partition coefficient (Wildman–Crippen LogP) is 3.51. The number of benzene rings is 1. The molecule has 2 rings (SSSR count). The van der Waals surface area contributed by atoms with Gasteiger partial charge in [-0.15, -0.1) is 0 Å². The van der Waals surface area contributed by atoms with Crippen LogP contribution in [0.2, 0.25) is 0 Å². The Hall–Kier alpha value is -1.16. The molecular formula is C15H21F2NO. The number of hydrogen-bond acceptors (Lipinski definition) is 2. The van der Waals surface area contributed by atoms with Crippen molar-refractivity contribution in [2.24, 2.45) is 5.41 Å². The normalized spacial score (nSPS) is 24.9. The van der Waals surface area contributed by atoms with E-state index in [-0.39, 0.29) is 17.3 Å². The molecule has 0 saturated heterocycles. The number of halogens is 2. The first-order valence-electron chi connectivity index (χ1n) is 6.80. The van der Waals surface area contributed by atoms with E-state index in [1.165, 1.54) is 0 Å². The Morgan fingerprint density at radius 3 is 2.74 bits per heavy atom. The minimum absolute atomic E-state index is 0.00650. The van der Waals surface area contributed by atoms with E-state index in [4.69, 9.17) is 4.74 Å². The zero-order chi connectivity index (χ0) is 14.0. The molecule has 19 heavy (non-hydrogen) atoms. The molecule has 0 amide bonds. The summed E-state index contributed by atoms with van der Waals surface area (Å²) in [4.78, 5) is 0. The van der Waals surface area contributed by atoms with E-state index in [0.29, 0.717) is 6.04 Å². The average molecular weight is 269 g/mol. The standard InChI is InChI=1S/C15H21F2NO/c1-4-7-18-13-9-14(15(13,2)3)19-12-8-10(16)5-6-11(12)17/h5-6,8,13-14,18H,4,7,9H2,1-3H3. The summed E-state index contributed by atoms with van der Waals surface area (Å²) in [6, 6.07) is 3.68. The van der Waals surface area contributed by atoms with Crippen molar-refractivity contribution in [3.05, 3.63) is 29.8 Å². The van der Waals surface area contributed by atoms with Crippen molar-refractivity contribution in [3.63, 3.8) is 0 Å². The van der Waals surface area contributed by atoms with Crippen molar-refractivity contribution < 1.29 is 13.5 Å². The topological polar surface area (TPSA) is 21.3 Å². The fourth-order valence-corrected chi connectivity index (χ4v) is 2.47. The highest BCUT2D eigenvalue weighted by Crippen LogP contribution is 2.43. The second-order valence-corrected chi connectivity index (χ2v) is 5.75. The predicted molar refractivity (Wildman–Crippen MR) is 71.3 cm³/mol. The van der Waals surface area contributed by atoms with Crippen LogP contribution in [0.25, 0.3) is 0 Å². The van der Waals surface area contributed by atoms with Gasteiger partial charge in [-0.25, -0.2) is 8.78 Å². The lowest BCUT2D eigenvalue weighted by Crippen LogP contribution is -2.62. The van der Waals surface area contributed by atoms with Crippen molar-refractivity contribution in [1.82, 2.24) is 5.32 Å². The summed E-state index contributed by atoms with van der Waals surface area (Å²) in [6.45, 7) is 7.27. The number of rotatable bonds is 5. The Kier molecular flexibility index (Phi) is 4.09. The lowest BCUT2D eigenvalue weighted by molar-refractivity contribution is -0.0564. The van der Waals surface area contributed by atoms with Gasteiger partial charge in [0, 0.05) is 23.9 Å². The van der Waals surface area contributed by atoms with Gasteiger partial charge < -0.3 is 10.1 Å². The molecule has 1 saturated carbocycles. The Morgan fingerprint density at radius 2 is 2.11 bits per heavy atom. The van der Waals surface area contributed by atoms with Gasteiger partial charge in [0.15, 0.2) is 11.6 Å². The van der Waals surface area contributed by atoms with Crippen LogP contribution in [0.5, 0.6) is 5.75 Å². The third kappa shape index (κ3) is 2.89. The third-order valence-electron chi connectivity index (χ3n) is 3.98. The van der Waals surface area contributed by atoms with Crippen molar-refractivity contribution in [2.75, 3.05) is 6.54 Å². The molecule has 1 N–H and O–H groups in total. The smallest absolute Gasteiger partial charge is 0.165 e. The van der Waals surface area contributed by atoms with Crippen LogP contribution in [-0.2, 0) is 0 Å². The van der Waals surface area contributed by atoms with E-state index < -0.39 is 11.6 Å². The van der Waals surface area contributed by atoms with Crippen LogP contribution in [0.4, 0.5) is 8.78 Å². The zero-order valence-electron chi connectivity index (χ0n) is 11.7. The highest BCUT2D eigenvalue weighted by atomic mass is 19.1. The van der Waals surface area contributed by atoms with Crippen molar-refractivity contribution in [2.45, 2.75) is 45.8 Å². The van der Waals surface area contributed by atoms with Gasteiger partial charge in [-0.05, 0) is 25.1 Å². The fourth-order valence-electron chi connectivity index (χ4n) is 2.47. The lowest BCUT2D eigenvalue weighted by Gasteiger charge is -2.51. The van der Waals surface area contributed by atoms with E-state index in [0.717, 1.165) is 37.6 Å². The maximum atomic E-state index is 13.5. The van der Waals surface area contributed by atoms with Gasteiger partial charge in [0.1, 0.15) is 11.9 Å². The molecule has 0 spiro atoms. The summed E-state index contributed by atoms with van der Waals surface area (Å²) < 4.78 is 32.3. The van der Waals surface area contributed by atoms with Gasteiger partial charge in [0.05, 0.1) is 0 Å². The number of nitrogens with one attached hydrogen (secondary N) is 1. The van der Waals surface area contributed by atoms with E-state index in [1.807, 2.05) is 0 Å². The quantitative estimate of drug-likeness (QED) is 0.883. The fraction of sp³-hybridized carbons (Fsp3) is 0.600. The van der Waals surface area contributed by atoms with Gasteiger partial charge >= 0.3 is 0 Å². The molecule has 4 heteroatoms. The van der Waals surface area contributed by atoms with E-state index >= 15 is 0 Å². The highest BCUT2D eigenvalue weighted by Gasteiger charge is 2.49. The van der Waals surface area contributed by atoms with Crippen LogP contribution < -0.4 is 10.1 Å². The maximum absolute atomic E-state index is 13.5. The Bertz CT molecular complexity index is 448. The monoisotopic (exact) mass is 269 g/mol. The molecule has 2 unspecified atom stereocenters. The Morgan fingerprint density at radius 1 is 1.37 bits per heavy atom. The highest BCUT2D eigenvalue weighted by molar-refractivity contribution is 5.26. The molecule has 0 bridgehead atoms. The lowest BCUT2D eigenvalue weighted by atomic mass is 9.64. The van der Waals surface area contributed by atoms with Crippen molar-refractivity contribution >= 4 is 0 Å². The van der Waals surface area contributed by atoms with Crippen molar-refractivity contribution in [3.8, 4) is 5.75 Å². The van der Waals surface area contributed by atoms with Crippen LogP contribution >= 0.6 is 0 Å². The van der Waals surface area contributed by atoms with Gasteiger partial charge in [-0.1, -0.05) is 20.8 Å². The van der Waals surface area contributed by atoms with Gasteiger partial charge in [-0.3, -0.25) is 0 Å². The summed E-state index contributed by atoms with van der Waals surface area (Å²) in [6.07, 6.45) is 1.82. The van der Waals surface area contributed by atoms with Crippen LogP contribution in [0.1, 0.15) is 33.6 Å². The van der Waals surface area contributed by atoms with Gasteiger partial charge in [-0.2, -0.15) is 0 Å². The molecule has 2 atom stereocenters. The second kappa shape index (κ2) is 5.45. The summed E-state index contributed by atoms with van der Waals surface area (Å²) in [5.41, 5.74) is -0.0755. The first-order chi connectivity index (χ1) is 8.95. The molecule has 1 fully saturated rings. The summed E-state index contributed by atoms with van der Waals surface area (Å²) in [7, 11) is 0. The minimum atomic E-state index is -0.512. The molecule has 1 aliphatic carbocycles. The Balaban J connectivity index is 2.00. The van der Waals surface area contributed by atoms with Gasteiger partial charge in [0.2, 0.25) is 0 Å². The van der Waals surface area contributed by atoms with E-state index in [1.54, 1.807) is 0 Å². The first-order valence-corrected chi connectivity index (χ1v) is 6.80. The van der Waals surface area contributed by atoms with Crippen LogP contribution in [-0.4, -0.2) is 18.7 Å². The number of hydrogen-bond donors (Lipinski definition) is 1. The van der Waals surface area contributed by atoms with E-state index in [2.05, 4.69) is 26.1 Å². The largest absolute Gasteiger partial charge is 0.487 e. The molecule has 0 heterocycles. The first kappa shape index (κ1) is 14.3. The van der Waals surface area contributed by atoms with Crippen LogP contribution in [0, 0.1) is 17.0 Å². The maximum Gasteiger partial charge on any atom is 0.165 e. The average Bonchev–Trinajstić information content (AvgIpc) is 2.36. The zero-order valence-corrected chi connectivity index (χ0v) is 11.7. The second-order valence-electron chi connectivity index (χ2n) is 5.75. The van der Waals surface area contributed by atoms with E-state index in [9.17, 15) is 8.78 Å². The molecule has 1 aromatic carbocycles. The summed E-state index contributed by atoms with van der Waals surface area (Å²) in [5, 5.41) is 3.45.